The second kappa shape index (κ2) is 5.92. The van der Waals surface area contributed by atoms with Gasteiger partial charge in [-0.25, -0.2) is 13.1 Å². The quantitative estimate of drug-likeness (QED) is 0.834. The van der Waals surface area contributed by atoms with Gasteiger partial charge in [-0.05, 0) is 37.5 Å². The minimum atomic E-state index is -3.23. The molecule has 5 heteroatoms. The smallest absolute Gasteiger partial charge is 0.215 e. The molecule has 106 valence electrons. The molecule has 4 nitrogen and oxygen atoms in total. The average molecular weight is 282 g/mol. The van der Waals surface area contributed by atoms with E-state index in [-0.39, 0.29) is 11.3 Å². The van der Waals surface area contributed by atoms with E-state index in [0.29, 0.717) is 5.69 Å². The molecule has 1 aromatic carbocycles. The van der Waals surface area contributed by atoms with Crippen LogP contribution in [0.15, 0.2) is 24.3 Å². The van der Waals surface area contributed by atoms with Gasteiger partial charge in [0.2, 0.25) is 10.0 Å². The number of hydrogen-bond donors (Lipinski definition) is 2. The molecule has 0 aliphatic heterocycles. The molecule has 0 saturated heterocycles. The second-order valence-electron chi connectivity index (χ2n) is 5.31. The Labute approximate surface area is 115 Å². The lowest BCUT2D eigenvalue weighted by Crippen LogP contribution is -2.37. The molecule has 0 spiro atoms. The molecule has 2 rings (SSSR count). The normalized spacial score (nSPS) is 19.2. The van der Waals surface area contributed by atoms with E-state index >= 15 is 0 Å². The van der Waals surface area contributed by atoms with Gasteiger partial charge in [0, 0.05) is 11.7 Å². The van der Waals surface area contributed by atoms with E-state index in [4.69, 9.17) is 5.73 Å². The molecule has 1 aliphatic rings. The zero-order valence-corrected chi connectivity index (χ0v) is 12.1. The van der Waals surface area contributed by atoms with Crippen molar-refractivity contribution in [3.05, 3.63) is 29.8 Å². The summed E-state index contributed by atoms with van der Waals surface area (Å²) in [5, 5.41) is -0.232. The lowest BCUT2D eigenvalue weighted by atomic mass is 10.0. The Morgan fingerprint density at radius 1 is 1.26 bits per heavy atom. The number of nitrogen functional groups attached to an aromatic ring is 1. The number of nitrogens with one attached hydrogen (secondary N) is 1. The average Bonchev–Trinajstić information content (AvgIpc) is 2.39. The summed E-state index contributed by atoms with van der Waals surface area (Å²) < 4.78 is 27.4. The van der Waals surface area contributed by atoms with Crippen molar-refractivity contribution in [3.8, 4) is 0 Å². The van der Waals surface area contributed by atoms with Gasteiger partial charge in [0.15, 0.2) is 0 Å². The Hall–Kier alpha value is -1.07. The van der Waals surface area contributed by atoms with Crippen LogP contribution >= 0.6 is 0 Å². The van der Waals surface area contributed by atoms with Crippen LogP contribution in [0.3, 0.4) is 0 Å². The molecule has 1 unspecified atom stereocenters. The van der Waals surface area contributed by atoms with E-state index < -0.39 is 10.0 Å². The van der Waals surface area contributed by atoms with Crippen molar-refractivity contribution >= 4 is 15.7 Å². The zero-order valence-electron chi connectivity index (χ0n) is 11.3. The van der Waals surface area contributed by atoms with E-state index in [1.54, 1.807) is 6.07 Å². The van der Waals surface area contributed by atoms with E-state index in [0.717, 1.165) is 37.7 Å². The Balaban J connectivity index is 2.07. The van der Waals surface area contributed by atoms with Gasteiger partial charge in [0.05, 0.1) is 5.25 Å². The van der Waals surface area contributed by atoms with Gasteiger partial charge < -0.3 is 5.73 Å². The third-order valence-corrected chi connectivity index (χ3v) is 5.77. The highest BCUT2D eigenvalue weighted by Crippen LogP contribution is 2.25. The molecular weight excluding hydrogens is 260 g/mol. The molecule has 1 atom stereocenters. The SMILES string of the molecule is CC(NS(=O)(=O)C1CCCCC1)c1cccc(N)c1. The van der Waals surface area contributed by atoms with E-state index in [9.17, 15) is 8.42 Å². The molecule has 19 heavy (non-hydrogen) atoms. The summed E-state index contributed by atoms with van der Waals surface area (Å²) >= 11 is 0. The fraction of sp³-hybridized carbons (Fsp3) is 0.571. The summed E-state index contributed by atoms with van der Waals surface area (Å²) in [6, 6.07) is 7.11. The first-order valence-corrected chi connectivity index (χ1v) is 8.40. The first-order chi connectivity index (χ1) is 8.99. The molecule has 0 radical (unpaired) electrons. The Morgan fingerprint density at radius 3 is 2.58 bits per heavy atom. The van der Waals surface area contributed by atoms with Gasteiger partial charge in [-0.3, -0.25) is 0 Å². The molecule has 0 heterocycles. The van der Waals surface area contributed by atoms with Gasteiger partial charge >= 0.3 is 0 Å². The Morgan fingerprint density at radius 2 is 1.95 bits per heavy atom. The molecule has 1 aliphatic carbocycles. The molecule has 3 N–H and O–H groups in total. The van der Waals surface area contributed by atoms with Crippen molar-refractivity contribution < 1.29 is 8.42 Å². The van der Waals surface area contributed by atoms with Crippen LogP contribution in [0.2, 0.25) is 0 Å². The first-order valence-electron chi connectivity index (χ1n) is 6.85. The number of sulfonamides is 1. The van der Waals surface area contributed by atoms with Gasteiger partial charge in [0.1, 0.15) is 0 Å². The maximum Gasteiger partial charge on any atom is 0.215 e. The third kappa shape index (κ3) is 3.70. The minimum absolute atomic E-state index is 0.232. The Kier molecular flexibility index (Phi) is 4.47. The summed E-state index contributed by atoms with van der Waals surface area (Å²) in [7, 11) is -3.23. The van der Waals surface area contributed by atoms with Crippen LogP contribution in [0.1, 0.15) is 50.6 Å². The van der Waals surface area contributed by atoms with Gasteiger partial charge in [-0.15, -0.1) is 0 Å². The molecule has 1 saturated carbocycles. The molecule has 0 aromatic heterocycles. The van der Waals surface area contributed by atoms with Crippen LogP contribution in [0, 0.1) is 0 Å². The monoisotopic (exact) mass is 282 g/mol. The highest BCUT2D eigenvalue weighted by atomic mass is 32.2. The molecule has 0 amide bonds. The predicted molar refractivity (Wildman–Crippen MR) is 78.2 cm³/mol. The van der Waals surface area contributed by atoms with Crippen LogP contribution in [-0.4, -0.2) is 13.7 Å². The van der Waals surface area contributed by atoms with Gasteiger partial charge in [0.25, 0.3) is 0 Å². The van der Waals surface area contributed by atoms with Crippen molar-refractivity contribution in [2.45, 2.75) is 50.3 Å². The third-order valence-electron chi connectivity index (χ3n) is 3.74. The molecule has 1 aromatic rings. The lowest BCUT2D eigenvalue weighted by molar-refractivity contribution is 0.473. The van der Waals surface area contributed by atoms with Crippen LogP contribution in [0.5, 0.6) is 0 Å². The highest BCUT2D eigenvalue weighted by molar-refractivity contribution is 7.90. The second-order valence-corrected chi connectivity index (χ2v) is 7.31. The number of hydrogen-bond acceptors (Lipinski definition) is 3. The standard InChI is InChI=1S/C14H22N2O2S/c1-11(12-6-5-7-13(15)10-12)16-19(17,18)14-8-3-2-4-9-14/h5-7,10-11,14,16H,2-4,8-9,15H2,1H3. The van der Waals surface area contributed by atoms with Gasteiger partial charge in [-0.2, -0.15) is 0 Å². The molecule has 1 fully saturated rings. The fourth-order valence-electron chi connectivity index (χ4n) is 2.61. The zero-order chi connectivity index (χ0) is 13.9. The van der Waals surface area contributed by atoms with Crippen molar-refractivity contribution in [1.82, 2.24) is 4.72 Å². The summed E-state index contributed by atoms with van der Waals surface area (Å²) in [4.78, 5) is 0. The largest absolute Gasteiger partial charge is 0.399 e. The van der Waals surface area contributed by atoms with Crippen molar-refractivity contribution in [1.29, 1.82) is 0 Å². The number of nitrogens with two attached hydrogens (primary N) is 1. The summed E-state index contributed by atoms with van der Waals surface area (Å²) in [6.07, 6.45) is 4.73. The number of benzene rings is 1. The molecule has 0 bridgehead atoms. The van der Waals surface area contributed by atoms with Gasteiger partial charge in [-0.1, -0.05) is 31.4 Å². The van der Waals surface area contributed by atoms with Crippen molar-refractivity contribution in [2.75, 3.05) is 5.73 Å². The van der Waals surface area contributed by atoms with Crippen LogP contribution in [0.25, 0.3) is 0 Å². The topological polar surface area (TPSA) is 72.2 Å². The summed E-state index contributed by atoms with van der Waals surface area (Å²) in [5.74, 6) is 0. The fourth-order valence-corrected chi connectivity index (χ4v) is 4.39. The van der Waals surface area contributed by atoms with Crippen LogP contribution in [0.4, 0.5) is 5.69 Å². The molecular formula is C14H22N2O2S. The number of anilines is 1. The Bertz CT molecular complexity index is 522. The maximum atomic E-state index is 12.3. The first kappa shape index (κ1) is 14.3. The summed E-state index contributed by atoms with van der Waals surface area (Å²) in [5.41, 5.74) is 7.28. The van der Waals surface area contributed by atoms with Crippen molar-refractivity contribution in [3.63, 3.8) is 0 Å². The highest BCUT2D eigenvalue weighted by Gasteiger charge is 2.28. The van der Waals surface area contributed by atoms with Crippen molar-refractivity contribution in [2.24, 2.45) is 0 Å². The summed E-state index contributed by atoms with van der Waals surface area (Å²) in [6.45, 7) is 1.86. The van der Waals surface area contributed by atoms with E-state index in [2.05, 4.69) is 4.72 Å². The van der Waals surface area contributed by atoms with E-state index in [1.165, 1.54) is 0 Å². The minimum Gasteiger partial charge on any atom is -0.399 e. The lowest BCUT2D eigenvalue weighted by Gasteiger charge is -2.24. The maximum absolute atomic E-state index is 12.3. The predicted octanol–water partition coefficient (Wildman–Crippen LogP) is 2.58. The van der Waals surface area contributed by atoms with E-state index in [1.807, 2.05) is 25.1 Å². The number of rotatable bonds is 4. The van der Waals surface area contributed by atoms with Crippen LogP contribution in [-0.2, 0) is 10.0 Å². The van der Waals surface area contributed by atoms with Crippen LogP contribution < -0.4 is 10.5 Å².